The van der Waals surface area contributed by atoms with Crippen molar-refractivity contribution >= 4 is 46.9 Å². The van der Waals surface area contributed by atoms with Crippen LogP contribution in [0.5, 0.6) is 0 Å². The predicted molar refractivity (Wildman–Crippen MR) is 244 cm³/mol. The Bertz CT molecular complexity index is 2410. The van der Waals surface area contributed by atoms with Crippen LogP contribution in [0.2, 0.25) is 0 Å². The molecule has 0 spiro atoms. The van der Waals surface area contributed by atoms with Gasteiger partial charge in [0.2, 0.25) is 0 Å². The quantitative estimate of drug-likeness (QED) is 0.173. The minimum absolute atomic E-state index is 0.0506. The Balaban J connectivity index is 0.000000115. The molecule has 0 N–H and O–H groups in total. The lowest BCUT2D eigenvalue weighted by Gasteiger charge is -2.21. The van der Waals surface area contributed by atoms with Gasteiger partial charge >= 0.3 is 24.1 Å². The van der Waals surface area contributed by atoms with Crippen LogP contribution in [0.15, 0.2) is 118 Å². The van der Waals surface area contributed by atoms with E-state index in [-0.39, 0.29) is 48.3 Å². The first kappa shape index (κ1) is 45.9. The summed E-state index contributed by atoms with van der Waals surface area (Å²) in [5.41, 5.74) is 3.87. The molecule has 4 aromatic heterocycles. The molecule has 8 aliphatic heterocycles. The van der Waals surface area contributed by atoms with Gasteiger partial charge in [-0.05, 0) is 30.4 Å². The second kappa shape index (κ2) is 20.3. The number of urea groups is 4. The van der Waals surface area contributed by atoms with Crippen molar-refractivity contribution in [2.45, 2.75) is 24.2 Å². The Kier molecular flexibility index (Phi) is 13.5. The van der Waals surface area contributed by atoms with Gasteiger partial charge in [0.05, 0.1) is 130 Å². The van der Waals surface area contributed by atoms with E-state index in [4.69, 9.17) is 14.5 Å². The van der Waals surface area contributed by atoms with Gasteiger partial charge < -0.3 is 24.5 Å². The first-order valence-corrected chi connectivity index (χ1v) is 22.0. The fourth-order valence-corrected chi connectivity index (χ4v) is 8.67. The number of fused-ring (bicyclic) bond motifs is 8. The van der Waals surface area contributed by atoms with E-state index < -0.39 is 0 Å². The van der Waals surface area contributed by atoms with Crippen molar-refractivity contribution in [3.05, 3.63) is 118 Å². The summed E-state index contributed by atoms with van der Waals surface area (Å²) in [6.45, 7) is 16.7. The highest BCUT2D eigenvalue weighted by atomic mass is 16.7. The highest BCUT2D eigenvalue weighted by Gasteiger charge is 2.44. The summed E-state index contributed by atoms with van der Waals surface area (Å²) in [7, 11) is 1.83. The SMILES string of the molecule is C=CCON1C(=O)N2CC(n3cccn3)=CC1C2.C=CCON1C(=O)N2CC(n3ccnn3)=C[C@@H]1C2.C=CCON1C(=O)N2CC(n3ccnn3)=C[C@H]1C2.CN1C(=O)N2CC(n3ccnn3)=C[C@@H]1C2. The maximum Gasteiger partial charge on any atom is 0.345 e. The second-order valence-electron chi connectivity index (χ2n) is 16.4. The fourth-order valence-electron chi connectivity index (χ4n) is 8.67. The molecule has 0 radical (unpaired) electrons. The highest BCUT2D eigenvalue weighted by Crippen LogP contribution is 2.29. The number of hydrogen-bond acceptors (Lipinski definition) is 14. The number of aromatic nitrogens is 11. The number of carbonyl (C=O) groups excluding carboxylic acids is 4. The molecule has 4 aromatic rings. The molecule has 1 unspecified atom stereocenters. The Hall–Kier alpha value is -8.23. The molecule has 8 bridgehead atoms. The molecular formula is C43H51N19O7. The van der Waals surface area contributed by atoms with Crippen LogP contribution in [0.1, 0.15) is 0 Å². The maximum absolute atomic E-state index is 12.0. The van der Waals surface area contributed by atoms with Gasteiger partial charge in [0.1, 0.15) is 0 Å². The number of hydrogen-bond donors (Lipinski definition) is 0. The van der Waals surface area contributed by atoms with Crippen molar-refractivity contribution in [1.29, 1.82) is 0 Å². The van der Waals surface area contributed by atoms with Gasteiger partial charge in [-0.15, -0.1) is 35.0 Å². The Morgan fingerprint density at radius 1 is 0.493 bits per heavy atom. The second-order valence-corrected chi connectivity index (χ2v) is 16.4. The van der Waals surface area contributed by atoms with Gasteiger partial charge in [0, 0.05) is 45.6 Å². The van der Waals surface area contributed by atoms with Crippen molar-refractivity contribution in [3.8, 4) is 0 Å². The van der Waals surface area contributed by atoms with Gasteiger partial charge in [-0.3, -0.25) is 14.5 Å². The summed E-state index contributed by atoms with van der Waals surface area (Å²) in [5, 5.41) is 31.5. The van der Waals surface area contributed by atoms with E-state index in [2.05, 4.69) is 61.8 Å². The summed E-state index contributed by atoms with van der Waals surface area (Å²) in [6.07, 6.45) is 26.7. The molecule has 360 valence electrons. The molecule has 26 nitrogen and oxygen atoms in total. The molecule has 8 aliphatic rings. The van der Waals surface area contributed by atoms with Crippen LogP contribution in [0.25, 0.3) is 22.8 Å². The first-order valence-electron chi connectivity index (χ1n) is 22.0. The lowest BCUT2D eigenvalue weighted by Crippen LogP contribution is -2.33. The van der Waals surface area contributed by atoms with Gasteiger partial charge in [-0.25, -0.2) is 37.9 Å². The molecule has 12 heterocycles. The van der Waals surface area contributed by atoms with E-state index in [0.29, 0.717) is 65.6 Å². The predicted octanol–water partition coefficient (Wildman–Crippen LogP) is 1.54. The van der Waals surface area contributed by atoms with E-state index in [1.165, 1.54) is 15.2 Å². The van der Waals surface area contributed by atoms with Crippen LogP contribution >= 0.6 is 0 Å². The monoisotopic (exact) mass is 945 g/mol. The largest absolute Gasteiger partial charge is 0.345 e. The number of likely N-dealkylation sites (N-methyl/N-ethyl adjacent to an activating group) is 1. The summed E-state index contributed by atoms with van der Waals surface area (Å²) in [5.74, 6) is 0. The molecule has 4 atom stereocenters. The van der Waals surface area contributed by atoms with E-state index in [9.17, 15) is 19.2 Å². The molecular weight excluding hydrogens is 895 g/mol. The van der Waals surface area contributed by atoms with Crippen molar-refractivity contribution in [2.75, 3.05) is 79.2 Å². The standard InChI is InChI=1S/C12H14N4O2.2C11H13N5O2.C9H11N5O/c1-2-6-18-16-11-7-10(15-5-3-4-13-15)8-14(9-11)12(16)17;2*1-2-5-18-16-10-6-9(15-4-3-12-13-15)7-14(8-10)11(16)17;1-12-7-4-8(14-3-2-10-11-14)6-13(5-7)9(12)15/h2-5,7,11H,1,6,8-9H2;2*2-4,6,10H,1,5,7-8H2;2-4,7H,5-6H2,1H3/t;2*10-;7-/m.101/s1. The third-order valence-corrected chi connectivity index (χ3v) is 11.9. The van der Waals surface area contributed by atoms with E-state index in [1.54, 1.807) is 99.9 Å². The minimum atomic E-state index is -0.117. The van der Waals surface area contributed by atoms with Gasteiger partial charge in [0.25, 0.3) is 0 Å². The van der Waals surface area contributed by atoms with E-state index >= 15 is 0 Å². The zero-order chi connectivity index (χ0) is 48.0. The molecule has 8 amide bonds. The zero-order valence-electron chi connectivity index (χ0n) is 37.8. The smallest absolute Gasteiger partial charge is 0.319 e. The van der Waals surface area contributed by atoms with E-state index in [0.717, 1.165) is 29.3 Å². The number of carbonyl (C=O) groups is 4. The molecule has 0 saturated carbocycles. The zero-order valence-corrected chi connectivity index (χ0v) is 37.8. The van der Waals surface area contributed by atoms with Crippen molar-refractivity contribution in [3.63, 3.8) is 0 Å². The number of nitrogens with zero attached hydrogens (tertiary/aromatic N) is 19. The molecule has 4 fully saturated rings. The van der Waals surface area contributed by atoms with Gasteiger partial charge in [-0.2, -0.15) is 20.3 Å². The number of hydroxylamine groups is 6. The third-order valence-electron chi connectivity index (χ3n) is 11.9. The molecule has 0 aliphatic carbocycles. The molecule has 12 rings (SSSR count). The van der Waals surface area contributed by atoms with Gasteiger partial charge in [0.15, 0.2) is 0 Å². The summed E-state index contributed by atoms with van der Waals surface area (Å²) in [4.78, 5) is 72.7. The lowest BCUT2D eigenvalue weighted by atomic mass is 10.2. The summed E-state index contributed by atoms with van der Waals surface area (Å²) < 4.78 is 6.84. The Morgan fingerprint density at radius 3 is 1.16 bits per heavy atom. The number of rotatable bonds is 13. The third kappa shape index (κ3) is 9.65. The topological polar surface area (TPSA) is 232 Å². The van der Waals surface area contributed by atoms with Crippen LogP contribution in [0.4, 0.5) is 19.2 Å². The van der Waals surface area contributed by atoms with Crippen LogP contribution in [0, 0.1) is 0 Å². The van der Waals surface area contributed by atoms with Crippen LogP contribution in [0.3, 0.4) is 0 Å². The van der Waals surface area contributed by atoms with Gasteiger partial charge in [-0.1, -0.05) is 33.9 Å². The molecule has 4 saturated heterocycles. The average molecular weight is 946 g/mol. The number of amides is 8. The van der Waals surface area contributed by atoms with E-state index in [1.807, 2.05) is 42.4 Å². The van der Waals surface area contributed by atoms with Crippen molar-refractivity contribution in [1.82, 2.24) is 94.5 Å². The summed E-state index contributed by atoms with van der Waals surface area (Å²) >= 11 is 0. The van der Waals surface area contributed by atoms with Crippen LogP contribution in [-0.4, -0.2) is 222 Å². The highest BCUT2D eigenvalue weighted by molar-refractivity contribution is 5.82. The van der Waals surface area contributed by atoms with Crippen LogP contribution < -0.4 is 0 Å². The fraction of sp³-hybridized carbons (Fsp3) is 0.372. The molecule has 69 heavy (non-hydrogen) atoms. The molecule has 0 aromatic carbocycles. The Morgan fingerprint density at radius 2 is 0.841 bits per heavy atom. The summed E-state index contributed by atoms with van der Waals surface area (Å²) in [6, 6.07) is 1.58. The van der Waals surface area contributed by atoms with Crippen molar-refractivity contribution < 1.29 is 33.7 Å². The first-order chi connectivity index (χ1) is 33.6. The minimum Gasteiger partial charge on any atom is -0.319 e. The Labute approximate surface area is 395 Å². The molecule has 26 heteroatoms. The average Bonchev–Trinajstić information content (AvgIpc) is 4.26. The van der Waals surface area contributed by atoms with Crippen molar-refractivity contribution in [2.24, 2.45) is 0 Å². The normalized spacial score (nSPS) is 22.9. The lowest BCUT2D eigenvalue weighted by molar-refractivity contribution is -0.107. The maximum atomic E-state index is 12.0. The van der Waals surface area contributed by atoms with Crippen LogP contribution in [-0.2, 0) is 14.5 Å².